The zero-order valence-electron chi connectivity index (χ0n) is 10.9. The summed E-state index contributed by atoms with van der Waals surface area (Å²) in [6, 6.07) is 3.19. The number of amides is 1. The molecule has 0 aromatic heterocycles. The first-order chi connectivity index (χ1) is 9.65. The highest BCUT2D eigenvalue weighted by atomic mass is 32.2. The molecule has 2 N–H and O–H groups in total. The zero-order valence-corrected chi connectivity index (χ0v) is 11.7. The van der Waals surface area contributed by atoms with Crippen molar-refractivity contribution in [3.05, 3.63) is 35.4 Å². The van der Waals surface area contributed by atoms with Crippen LogP contribution in [-0.2, 0) is 4.79 Å². The van der Waals surface area contributed by atoms with E-state index in [9.17, 15) is 13.6 Å². The Labute approximate surface area is 120 Å². The van der Waals surface area contributed by atoms with Gasteiger partial charge >= 0.3 is 0 Å². The quantitative estimate of drug-likeness (QED) is 0.609. The lowest BCUT2D eigenvalue weighted by atomic mass is 10.2. The molecule has 0 atom stereocenters. The molecular formula is C13H16F2N3OS+. The Kier molecular flexibility index (Phi) is 5.49. The summed E-state index contributed by atoms with van der Waals surface area (Å²) in [5.41, 5.74) is 2.50. The maximum Gasteiger partial charge on any atom is 0.295 e. The van der Waals surface area contributed by atoms with Crippen LogP contribution in [0.4, 0.5) is 8.78 Å². The van der Waals surface area contributed by atoms with Gasteiger partial charge in [-0.25, -0.2) is 14.2 Å². The predicted octanol–water partition coefficient (Wildman–Crippen LogP) is 0.0466. The number of hydrogen-bond acceptors (Lipinski definition) is 3. The number of rotatable bonds is 4. The third kappa shape index (κ3) is 4.57. The Hall–Kier alpha value is -1.47. The summed E-state index contributed by atoms with van der Waals surface area (Å²) in [5, 5.41) is 3.69. The van der Waals surface area contributed by atoms with Crippen LogP contribution in [0.25, 0.3) is 0 Å². The standard InChI is InChI=1S/C13H15F2N3OS/c14-11-2-1-10(12(15)7-11)8-16-17-13(19)9-18-3-5-20-6-4-18/h1-2,7-8H,3-6,9H2,(H,17,19)/p+1/b16-8-. The van der Waals surface area contributed by atoms with Crippen LogP contribution >= 0.6 is 11.8 Å². The van der Waals surface area contributed by atoms with E-state index in [1.165, 1.54) is 17.2 Å². The smallest absolute Gasteiger partial charge is 0.295 e. The van der Waals surface area contributed by atoms with Crippen molar-refractivity contribution in [2.45, 2.75) is 0 Å². The number of benzene rings is 1. The van der Waals surface area contributed by atoms with Gasteiger partial charge in [-0.15, -0.1) is 0 Å². The minimum atomic E-state index is -0.707. The molecule has 1 saturated heterocycles. The fraction of sp³-hybridized carbons (Fsp3) is 0.385. The first kappa shape index (κ1) is 14.9. The number of carbonyl (C=O) groups is 1. The van der Waals surface area contributed by atoms with Crippen molar-refractivity contribution in [2.24, 2.45) is 5.10 Å². The number of halogens is 2. The molecule has 1 aromatic rings. The summed E-state index contributed by atoms with van der Waals surface area (Å²) < 4.78 is 26.0. The number of nitrogens with zero attached hydrogens (tertiary/aromatic N) is 1. The van der Waals surface area contributed by atoms with Gasteiger partial charge in [0, 0.05) is 23.1 Å². The predicted molar refractivity (Wildman–Crippen MR) is 75.0 cm³/mol. The van der Waals surface area contributed by atoms with Gasteiger partial charge in [-0.3, -0.25) is 4.79 Å². The molecule has 1 aromatic carbocycles. The average molecular weight is 300 g/mol. The minimum absolute atomic E-state index is 0.133. The van der Waals surface area contributed by atoms with E-state index in [-0.39, 0.29) is 11.5 Å². The average Bonchev–Trinajstić information content (AvgIpc) is 2.42. The van der Waals surface area contributed by atoms with Gasteiger partial charge in [0.25, 0.3) is 5.91 Å². The van der Waals surface area contributed by atoms with Gasteiger partial charge in [-0.05, 0) is 12.1 Å². The van der Waals surface area contributed by atoms with E-state index in [0.29, 0.717) is 6.54 Å². The van der Waals surface area contributed by atoms with E-state index < -0.39 is 11.6 Å². The molecule has 7 heteroatoms. The van der Waals surface area contributed by atoms with Gasteiger partial charge in [-0.1, -0.05) is 0 Å². The molecule has 0 saturated carbocycles. The molecule has 0 radical (unpaired) electrons. The normalized spacial score (nSPS) is 16.5. The van der Waals surface area contributed by atoms with Crippen LogP contribution in [0, 0.1) is 11.6 Å². The monoisotopic (exact) mass is 300 g/mol. The van der Waals surface area contributed by atoms with Crippen LogP contribution in [0.5, 0.6) is 0 Å². The van der Waals surface area contributed by atoms with Crippen LogP contribution in [0.2, 0.25) is 0 Å². The van der Waals surface area contributed by atoms with Gasteiger partial charge in [0.05, 0.1) is 19.3 Å². The molecule has 0 bridgehead atoms. The maximum absolute atomic E-state index is 13.3. The topological polar surface area (TPSA) is 45.9 Å². The Morgan fingerprint density at radius 2 is 2.15 bits per heavy atom. The number of hydrazone groups is 1. The first-order valence-corrected chi connectivity index (χ1v) is 7.49. The van der Waals surface area contributed by atoms with Crippen LogP contribution in [0.3, 0.4) is 0 Å². The van der Waals surface area contributed by atoms with Gasteiger partial charge in [0.1, 0.15) is 11.6 Å². The van der Waals surface area contributed by atoms with Crippen LogP contribution in [-0.4, -0.2) is 43.3 Å². The van der Waals surface area contributed by atoms with Crippen molar-refractivity contribution in [2.75, 3.05) is 31.1 Å². The summed E-state index contributed by atoms with van der Waals surface area (Å²) in [7, 11) is 0. The second-order valence-electron chi connectivity index (χ2n) is 4.50. The molecule has 4 nitrogen and oxygen atoms in total. The highest BCUT2D eigenvalue weighted by Gasteiger charge is 2.16. The van der Waals surface area contributed by atoms with Crippen molar-refractivity contribution in [3.8, 4) is 0 Å². The van der Waals surface area contributed by atoms with E-state index in [1.807, 2.05) is 11.8 Å². The highest BCUT2D eigenvalue weighted by Crippen LogP contribution is 2.06. The molecule has 1 aliphatic heterocycles. The molecule has 20 heavy (non-hydrogen) atoms. The Balaban J connectivity index is 1.81. The molecule has 1 amide bonds. The number of carbonyl (C=O) groups excluding carboxylic acids is 1. The fourth-order valence-corrected chi connectivity index (χ4v) is 2.95. The third-order valence-electron chi connectivity index (χ3n) is 2.97. The molecule has 0 unspecified atom stereocenters. The Morgan fingerprint density at radius 1 is 1.40 bits per heavy atom. The second-order valence-corrected chi connectivity index (χ2v) is 5.72. The fourth-order valence-electron chi connectivity index (χ4n) is 1.88. The molecule has 0 spiro atoms. The summed E-state index contributed by atoms with van der Waals surface area (Å²) in [5.74, 6) is 0.571. The van der Waals surface area contributed by atoms with Crippen molar-refractivity contribution in [3.63, 3.8) is 0 Å². The summed E-state index contributed by atoms with van der Waals surface area (Å²) >= 11 is 1.89. The van der Waals surface area contributed by atoms with E-state index in [2.05, 4.69) is 10.5 Å². The van der Waals surface area contributed by atoms with Gasteiger partial charge < -0.3 is 4.90 Å². The van der Waals surface area contributed by atoms with Crippen LogP contribution in [0.1, 0.15) is 5.56 Å². The Morgan fingerprint density at radius 3 is 2.85 bits per heavy atom. The lowest BCUT2D eigenvalue weighted by molar-refractivity contribution is -0.888. The van der Waals surface area contributed by atoms with Crippen molar-refractivity contribution >= 4 is 23.9 Å². The van der Waals surface area contributed by atoms with Crippen molar-refractivity contribution in [1.82, 2.24) is 5.43 Å². The second kappa shape index (κ2) is 7.35. The molecular weight excluding hydrogens is 284 g/mol. The minimum Gasteiger partial charge on any atom is -0.326 e. The number of quaternary nitrogens is 1. The SMILES string of the molecule is O=C(C[NH+]1CCSCC1)N/N=C\c1ccc(F)cc1F. The van der Waals surface area contributed by atoms with Crippen LogP contribution < -0.4 is 10.3 Å². The molecule has 0 aliphatic carbocycles. The van der Waals surface area contributed by atoms with Crippen molar-refractivity contribution < 1.29 is 18.5 Å². The van der Waals surface area contributed by atoms with Crippen LogP contribution in [0.15, 0.2) is 23.3 Å². The van der Waals surface area contributed by atoms with E-state index >= 15 is 0 Å². The molecule has 1 aliphatic rings. The largest absolute Gasteiger partial charge is 0.326 e. The number of thioether (sulfide) groups is 1. The first-order valence-electron chi connectivity index (χ1n) is 6.33. The zero-order chi connectivity index (χ0) is 14.4. The number of hydrogen-bond donors (Lipinski definition) is 2. The van der Waals surface area contributed by atoms with E-state index in [4.69, 9.17) is 0 Å². The van der Waals surface area contributed by atoms with Gasteiger partial charge in [0.15, 0.2) is 6.54 Å². The molecule has 108 valence electrons. The summed E-state index contributed by atoms with van der Waals surface area (Å²) in [6.07, 6.45) is 1.17. The maximum atomic E-state index is 13.3. The highest BCUT2D eigenvalue weighted by molar-refractivity contribution is 7.99. The van der Waals surface area contributed by atoms with Gasteiger partial charge in [0.2, 0.25) is 0 Å². The third-order valence-corrected chi connectivity index (χ3v) is 3.95. The Bertz CT molecular complexity index is 504. The number of nitrogens with one attached hydrogen (secondary N) is 2. The molecule has 1 fully saturated rings. The molecule has 2 rings (SSSR count). The summed E-state index contributed by atoms with van der Waals surface area (Å²) in [6.45, 7) is 2.30. The molecule has 1 heterocycles. The van der Waals surface area contributed by atoms with Gasteiger partial charge in [-0.2, -0.15) is 16.9 Å². The van der Waals surface area contributed by atoms with E-state index in [1.54, 1.807) is 0 Å². The van der Waals surface area contributed by atoms with Crippen molar-refractivity contribution in [1.29, 1.82) is 0 Å². The lowest BCUT2D eigenvalue weighted by Crippen LogP contribution is -3.14. The van der Waals surface area contributed by atoms with E-state index in [0.717, 1.165) is 36.7 Å². The lowest BCUT2D eigenvalue weighted by Gasteiger charge is -2.21. The summed E-state index contributed by atoms with van der Waals surface area (Å²) in [4.78, 5) is 12.9.